The molecule has 1 heterocycles. The lowest BCUT2D eigenvalue weighted by Gasteiger charge is -2.29. The number of aliphatic hydroxyl groups is 1. The summed E-state index contributed by atoms with van der Waals surface area (Å²) in [6, 6.07) is 11.5. The van der Waals surface area contributed by atoms with Crippen molar-refractivity contribution in [2.45, 2.75) is 37.9 Å². The van der Waals surface area contributed by atoms with Gasteiger partial charge >= 0.3 is 6.18 Å². The van der Waals surface area contributed by atoms with Crippen LogP contribution in [0.1, 0.15) is 29.8 Å². The average molecular weight is 436 g/mol. The van der Waals surface area contributed by atoms with E-state index in [-0.39, 0.29) is 11.3 Å². The monoisotopic (exact) mass is 436 g/mol. The molecule has 30 heavy (non-hydrogen) atoms. The minimum atomic E-state index is -4.83. The van der Waals surface area contributed by atoms with Gasteiger partial charge in [0, 0.05) is 22.5 Å². The predicted octanol–water partition coefficient (Wildman–Crippen LogP) is 5.58. The summed E-state index contributed by atoms with van der Waals surface area (Å²) >= 11 is 1.52. The summed E-state index contributed by atoms with van der Waals surface area (Å²) in [5, 5.41) is 23.6. The molecule has 3 N–H and O–H groups in total. The zero-order valence-corrected chi connectivity index (χ0v) is 17.4. The first-order chi connectivity index (χ1) is 14.2. The van der Waals surface area contributed by atoms with Crippen molar-refractivity contribution < 1.29 is 23.4 Å². The molecule has 0 bridgehead atoms. The van der Waals surface area contributed by atoms with Crippen molar-refractivity contribution in [1.82, 2.24) is 4.98 Å². The number of nitrogens with zero attached hydrogens (tertiary/aromatic N) is 1. The molecule has 2 unspecified atom stereocenters. The summed E-state index contributed by atoms with van der Waals surface area (Å²) in [7, 11) is 0. The number of rotatable bonds is 7. The van der Waals surface area contributed by atoms with Gasteiger partial charge in [-0.2, -0.15) is 24.9 Å². The second-order valence-electron chi connectivity index (χ2n) is 6.95. The Labute approximate surface area is 177 Å². The molecule has 2 atom stereocenters. The third kappa shape index (κ3) is 4.99. The Hall–Kier alpha value is -2.45. The molecule has 0 radical (unpaired) electrons. The molecular weight excluding hydrogens is 413 g/mol. The number of phenolic OH excluding ortho intramolecular Hbond substituents is 1. The normalized spacial score (nSPS) is 13.9. The number of aryl methyl sites for hydroxylation is 1. The van der Waals surface area contributed by atoms with Crippen molar-refractivity contribution in [3.05, 3.63) is 65.4 Å². The highest BCUT2D eigenvalue weighted by Gasteiger charge is 2.45. The Morgan fingerprint density at radius 2 is 1.90 bits per heavy atom. The summed E-state index contributed by atoms with van der Waals surface area (Å²) < 4.78 is 40.7. The summed E-state index contributed by atoms with van der Waals surface area (Å²) in [5.74, 6) is 1.15. The standard InChI is InChI=1S/C22H23F3N2O2S/c1-3-30-12-14-11-15(28)8-10-16(14)20(21(29)22(23,24)25)27-19-6-4-5-18-17(19)9-7-13(2)26-18/h4-11,20-21,27-29H,3,12H2,1-2H3. The summed E-state index contributed by atoms with van der Waals surface area (Å²) in [6.07, 6.45) is -7.47. The van der Waals surface area contributed by atoms with Crippen LogP contribution >= 0.6 is 11.8 Å². The second kappa shape index (κ2) is 9.14. The molecule has 3 aromatic rings. The fourth-order valence-electron chi connectivity index (χ4n) is 3.30. The minimum absolute atomic E-state index is 0.0319. The molecule has 160 valence electrons. The molecule has 3 rings (SSSR count). The summed E-state index contributed by atoms with van der Waals surface area (Å²) in [4.78, 5) is 4.42. The number of hydrogen-bond acceptors (Lipinski definition) is 5. The van der Waals surface area contributed by atoms with Crippen LogP contribution in [0.3, 0.4) is 0 Å². The van der Waals surface area contributed by atoms with E-state index in [1.54, 1.807) is 30.3 Å². The lowest BCUT2D eigenvalue weighted by atomic mass is 9.95. The molecule has 4 nitrogen and oxygen atoms in total. The molecule has 0 fully saturated rings. The first-order valence-corrected chi connectivity index (χ1v) is 10.6. The topological polar surface area (TPSA) is 65.4 Å². The van der Waals surface area contributed by atoms with Gasteiger partial charge < -0.3 is 15.5 Å². The van der Waals surface area contributed by atoms with Gasteiger partial charge in [-0.15, -0.1) is 0 Å². The molecular formula is C22H23F3N2O2S. The zero-order chi connectivity index (χ0) is 21.9. The Kier molecular flexibility index (Phi) is 6.77. The minimum Gasteiger partial charge on any atom is -0.508 e. The van der Waals surface area contributed by atoms with E-state index in [4.69, 9.17) is 0 Å². The molecule has 0 saturated heterocycles. The van der Waals surface area contributed by atoms with Gasteiger partial charge in [0.25, 0.3) is 0 Å². The third-order valence-electron chi connectivity index (χ3n) is 4.76. The van der Waals surface area contributed by atoms with E-state index in [0.717, 1.165) is 11.4 Å². The van der Waals surface area contributed by atoms with Crippen molar-refractivity contribution in [2.24, 2.45) is 0 Å². The van der Waals surface area contributed by atoms with E-state index in [2.05, 4.69) is 10.3 Å². The van der Waals surface area contributed by atoms with Crippen LogP contribution < -0.4 is 5.32 Å². The number of halogens is 3. The van der Waals surface area contributed by atoms with Gasteiger partial charge in [0.15, 0.2) is 6.10 Å². The molecule has 8 heteroatoms. The van der Waals surface area contributed by atoms with Crippen molar-refractivity contribution in [2.75, 3.05) is 11.1 Å². The molecule has 2 aromatic carbocycles. The number of anilines is 1. The highest BCUT2D eigenvalue weighted by Crippen LogP contribution is 2.37. The number of pyridine rings is 1. The number of hydrogen-bond donors (Lipinski definition) is 3. The average Bonchev–Trinajstić information content (AvgIpc) is 2.69. The molecule has 0 aliphatic carbocycles. The maximum atomic E-state index is 13.6. The predicted molar refractivity (Wildman–Crippen MR) is 115 cm³/mol. The van der Waals surface area contributed by atoms with Crippen LogP contribution in [0.2, 0.25) is 0 Å². The van der Waals surface area contributed by atoms with E-state index in [1.807, 2.05) is 13.8 Å². The molecule has 0 aliphatic heterocycles. The number of aromatic hydroxyl groups is 1. The fourth-order valence-corrected chi connectivity index (χ4v) is 3.97. The lowest BCUT2D eigenvalue weighted by Crippen LogP contribution is -2.38. The summed E-state index contributed by atoms with van der Waals surface area (Å²) in [6.45, 7) is 3.78. The van der Waals surface area contributed by atoms with Gasteiger partial charge in [-0.3, -0.25) is 4.98 Å². The van der Waals surface area contributed by atoms with Crippen LogP contribution in [0.4, 0.5) is 18.9 Å². The molecule has 0 aliphatic rings. The van der Waals surface area contributed by atoms with Gasteiger partial charge in [0.05, 0.1) is 11.6 Å². The van der Waals surface area contributed by atoms with E-state index < -0.39 is 18.3 Å². The smallest absolute Gasteiger partial charge is 0.416 e. The second-order valence-corrected chi connectivity index (χ2v) is 8.23. The Morgan fingerprint density at radius 1 is 1.13 bits per heavy atom. The van der Waals surface area contributed by atoms with E-state index >= 15 is 0 Å². The summed E-state index contributed by atoms with van der Waals surface area (Å²) in [5.41, 5.74) is 2.71. The van der Waals surface area contributed by atoms with Crippen molar-refractivity contribution in [3.63, 3.8) is 0 Å². The molecule has 0 saturated carbocycles. The fraction of sp³-hybridized carbons (Fsp3) is 0.318. The van der Waals surface area contributed by atoms with Crippen molar-refractivity contribution in [1.29, 1.82) is 0 Å². The number of alkyl halides is 3. The number of benzene rings is 2. The van der Waals surface area contributed by atoms with Crippen LogP contribution in [0.25, 0.3) is 10.9 Å². The highest BCUT2D eigenvalue weighted by molar-refractivity contribution is 7.98. The number of aliphatic hydroxyl groups excluding tert-OH is 1. The molecule has 0 spiro atoms. The maximum Gasteiger partial charge on any atom is 0.416 e. The molecule has 0 amide bonds. The number of thioether (sulfide) groups is 1. The largest absolute Gasteiger partial charge is 0.508 e. The number of aromatic nitrogens is 1. The first-order valence-electron chi connectivity index (χ1n) is 9.48. The van der Waals surface area contributed by atoms with Gasteiger partial charge in [-0.25, -0.2) is 0 Å². The number of phenols is 1. The van der Waals surface area contributed by atoms with E-state index in [0.29, 0.717) is 27.9 Å². The first kappa shape index (κ1) is 22.2. The van der Waals surface area contributed by atoms with E-state index in [9.17, 15) is 23.4 Å². The Balaban J connectivity index is 2.10. The van der Waals surface area contributed by atoms with Crippen LogP contribution in [0.5, 0.6) is 5.75 Å². The van der Waals surface area contributed by atoms with E-state index in [1.165, 1.54) is 30.0 Å². The quantitative estimate of drug-likeness (QED) is 0.451. The van der Waals surface area contributed by atoms with Gasteiger partial charge in [-0.1, -0.05) is 19.1 Å². The van der Waals surface area contributed by atoms with Gasteiger partial charge in [0.2, 0.25) is 0 Å². The van der Waals surface area contributed by atoms with Crippen LogP contribution in [-0.4, -0.2) is 33.2 Å². The zero-order valence-electron chi connectivity index (χ0n) is 16.6. The maximum absolute atomic E-state index is 13.6. The Morgan fingerprint density at radius 3 is 2.60 bits per heavy atom. The number of nitrogens with one attached hydrogen (secondary N) is 1. The van der Waals surface area contributed by atoms with Gasteiger partial charge in [0.1, 0.15) is 5.75 Å². The SMILES string of the molecule is CCSCc1cc(O)ccc1C(Nc1cccc2nc(C)ccc12)C(O)C(F)(F)F. The number of fused-ring (bicyclic) bond motifs is 1. The van der Waals surface area contributed by atoms with Crippen LogP contribution in [0, 0.1) is 6.92 Å². The Bertz CT molecular complexity index is 1030. The van der Waals surface area contributed by atoms with Crippen LogP contribution in [0.15, 0.2) is 48.5 Å². The highest BCUT2D eigenvalue weighted by atomic mass is 32.2. The van der Waals surface area contributed by atoms with Gasteiger partial charge in [-0.05, 0) is 60.2 Å². The molecule has 1 aromatic heterocycles. The lowest BCUT2D eigenvalue weighted by molar-refractivity contribution is -0.208. The van der Waals surface area contributed by atoms with Crippen molar-refractivity contribution in [3.8, 4) is 5.75 Å². The van der Waals surface area contributed by atoms with Crippen LogP contribution in [-0.2, 0) is 5.75 Å². The third-order valence-corrected chi connectivity index (χ3v) is 5.68. The van der Waals surface area contributed by atoms with Crippen molar-refractivity contribution >= 4 is 28.4 Å².